The number of pyridine rings is 1. The highest BCUT2D eigenvalue weighted by atomic mass is 32.2. The summed E-state index contributed by atoms with van der Waals surface area (Å²) in [5.41, 5.74) is 4.49. The number of aromatic nitrogens is 1. The van der Waals surface area contributed by atoms with Gasteiger partial charge in [0.1, 0.15) is 0 Å². The minimum atomic E-state index is -1.16. The summed E-state index contributed by atoms with van der Waals surface area (Å²) in [5.74, 6) is -0.350. The topological polar surface area (TPSA) is 59.3 Å². The molecule has 3 atom stereocenters. The zero-order valence-corrected chi connectivity index (χ0v) is 20.9. The predicted octanol–water partition coefficient (Wildman–Crippen LogP) is 6.22. The van der Waals surface area contributed by atoms with Crippen LogP contribution in [0.15, 0.2) is 82.6 Å². The minimum absolute atomic E-state index is 0.124. The third kappa shape index (κ3) is 3.08. The Bertz CT molecular complexity index is 1610. The van der Waals surface area contributed by atoms with E-state index < -0.39 is 11.5 Å². The monoisotopic (exact) mass is 493 g/mol. The Kier molecular flexibility index (Phi) is 4.78. The van der Waals surface area contributed by atoms with Gasteiger partial charge in [0.05, 0.1) is 10.3 Å². The van der Waals surface area contributed by atoms with E-state index in [1.807, 2.05) is 12.1 Å². The van der Waals surface area contributed by atoms with E-state index in [1.54, 1.807) is 22.4 Å². The molecule has 4 nitrogen and oxygen atoms in total. The van der Waals surface area contributed by atoms with Gasteiger partial charge in [-0.15, -0.1) is 11.8 Å². The summed E-state index contributed by atoms with van der Waals surface area (Å²) in [4.78, 5) is 26.5. The third-order valence-corrected chi connectivity index (χ3v) is 9.99. The van der Waals surface area contributed by atoms with Gasteiger partial charge < -0.3 is 5.11 Å². The third-order valence-electron chi connectivity index (χ3n) is 8.39. The molecular formula is C31H27NO3S. The molecule has 0 amide bonds. The zero-order chi connectivity index (χ0) is 24.6. The normalized spacial score (nSPS) is 24.2. The first-order chi connectivity index (χ1) is 17.5. The number of hydrogen-bond acceptors (Lipinski definition) is 3. The van der Waals surface area contributed by atoms with Crippen molar-refractivity contribution in [2.45, 2.75) is 60.3 Å². The maximum Gasteiger partial charge on any atom is 0.331 e. The Hall–Kier alpha value is -3.31. The second-order valence-electron chi connectivity index (χ2n) is 10.6. The molecule has 2 heterocycles. The molecule has 36 heavy (non-hydrogen) atoms. The summed E-state index contributed by atoms with van der Waals surface area (Å²) in [5, 5.41) is 13.6. The highest BCUT2D eigenvalue weighted by molar-refractivity contribution is 8.00. The lowest BCUT2D eigenvalue weighted by Gasteiger charge is -2.48. The maximum atomic E-state index is 13.7. The number of hydrogen-bond donors (Lipinski definition) is 1. The van der Waals surface area contributed by atoms with Crippen LogP contribution in [0.5, 0.6) is 0 Å². The van der Waals surface area contributed by atoms with E-state index >= 15 is 0 Å². The van der Waals surface area contributed by atoms with Crippen molar-refractivity contribution in [3.05, 3.63) is 111 Å². The van der Waals surface area contributed by atoms with Crippen molar-refractivity contribution in [2.75, 3.05) is 0 Å². The molecule has 3 aromatic carbocycles. The van der Waals surface area contributed by atoms with E-state index in [9.17, 15) is 14.7 Å². The zero-order valence-electron chi connectivity index (χ0n) is 20.1. The number of carbonyl (C=O) groups is 1. The van der Waals surface area contributed by atoms with Crippen molar-refractivity contribution in [2.24, 2.45) is 0 Å². The van der Waals surface area contributed by atoms with Gasteiger partial charge in [0.15, 0.2) is 5.54 Å². The molecule has 7 rings (SSSR count). The Morgan fingerprint density at radius 2 is 1.81 bits per heavy atom. The van der Waals surface area contributed by atoms with Gasteiger partial charge in [-0.2, -0.15) is 0 Å². The van der Waals surface area contributed by atoms with Crippen LogP contribution in [0.25, 0.3) is 10.8 Å². The summed E-state index contributed by atoms with van der Waals surface area (Å²) < 4.78 is 1.66. The summed E-state index contributed by atoms with van der Waals surface area (Å²) >= 11 is 1.64. The fraction of sp³-hybridized carbons (Fsp3) is 0.290. The number of thioether (sulfide) groups is 1. The van der Waals surface area contributed by atoms with E-state index in [1.165, 1.54) is 33.0 Å². The molecule has 1 N–H and O–H groups in total. The quantitative estimate of drug-likeness (QED) is 0.359. The highest BCUT2D eigenvalue weighted by Gasteiger charge is 2.66. The molecule has 2 fully saturated rings. The molecule has 4 aromatic rings. The van der Waals surface area contributed by atoms with Crippen molar-refractivity contribution in [1.29, 1.82) is 0 Å². The first-order valence-electron chi connectivity index (χ1n) is 12.7. The average molecular weight is 494 g/mol. The van der Waals surface area contributed by atoms with Crippen LogP contribution >= 0.6 is 11.8 Å². The number of aliphatic carboxylic acids is 1. The molecule has 2 saturated carbocycles. The Balaban J connectivity index is 1.36. The van der Waals surface area contributed by atoms with Crippen molar-refractivity contribution >= 4 is 28.5 Å². The first-order valence-corrected chi connectivity index (χ1v) is 13.6. The number of fused-ring (bicyclic) bond motifs is 4. The van der Waals surface area contributed by atoms with E-state index in [0.717, 1.165) is 23.4 Å². The lowest BCUT2D eigenvalue weighted by molar-refractivity contribution is -0.153. The fourth-order valence-corrected chi connectivity index (χ4v) is 8.44. The summed E-state index contributed by atoms with van der Waals surface area (Å²) in [6, 6.07) is 24.8. The van der Waals surface area contributed by atoms with Crippen LogP contribution in [0.2, 0.25) is 0 Å². The predicted molar refractivity (Wildman–Crippen MR) is 143 cm³/mol. The van der Waals surface area contributed by atoms with Gasteiger partial charge in [0.25, 0.3) is 5.56 Å². The van der Waals surface area contributed by atoms with Gasteiger partial charge in [0.2, 0.25) is 0 Å². The van der Waals surface area contributed by atoms with Crippen molar-refractivity contribution in [3.8, 4) is 0 Å². The average Bonchev–Trinajstić information content (AvgIpc) is 3.64. The lowest BCUT2D eigenvalue weighted by atomic mass is 9.64. The largest absolute Gasteiger partial charge is 0.479 e. The molecular weight excluding hydrogens is 466 g/mol. The molecule has 0 radical (unpaired) electrons. The number of aryl methyl sites for hydroxylation is 1. The number of rotatable bonds is 5. The van der Waals surface area contributed by atoms with Crippen LogP contribution in [0.4, 0.5) is 0 Å². The van der Waals surface area contributed by atoms with Crippen LogP contribution in [-0.4, -0.2) is 20.9 Å². The molecule has 1 aromatic heterocycles. The molecule has 180 valence electrons. The van der Waals surface area contributed by atoms with E-state index in [4.69, 9.17) is 0 Å². The Morgan fingerprint density at radius 1 is 1.03 bits per heavy atom. The molecule has 2 unspecified atom stereocenters. The molecule has 0 spiro atoms. The van der Waals surface area contributed by atoms with E-state index in [0.29, 0.717) is 18.8 Å². The van der Waals surface area contributed by atoms with Crippen LogP contribution in [0.3, 0.4) is 0 Å². The van der Waals surface area contributed by atoms with Crippen molar-refractivity contribution < 1.29 is 9.90 Å². The molecule has 3 aliphatic rings. The van der Waals surface area contributed by atoms with Gasteiger partial charge in [-0.25, -0.2) is 4.79 Å². The second kappa shape index (κ2) is 7.84. The summed E-state index contributed by atoms with van der Waals surface area (Å²) in [7, 11) is 0. The lowest BCUT2D eigenvalue weighted by Crippen LogP contribution is -2.61. The molecule has 1 aliphatic heterocycles. The summed E-state index contributed by atoms with van der Waals surface area (Å²) in [6.45, 7) is 2.07. The molecule has 0 bridgehead atoms. The van der Waals surface area contributed by atoms with Crippen LogP contribution in [0.1, 0.15) is 58.9 Å². The van der Waals surface area contributed by atoms with E-state index in [2.05, 4.69) is 61.5 Å². The van der Waals surface area contributed by atoms with Gasteiger partial charge in [0, 0.05) is 12.0 Å². The van der Waals surface area contributed by atoms with E-state index in [-0.39, 0.29) is 16.7 Å². The summed E-state index contributed by atoms with van der Waals surface area (Å²) in [6.07, 6.45) is 3.34. The Morgan fingerprint density at radius 3 is 2.58 bits per heavy atom. The molecule has 2 aliphatic carbocycles. The van der Waals surface area contributed by atoms with Crippen LogP contribution in [0, 0.1) is 6.92 Å². The van der Waals surface area contributed by atoms with Crippen molar-refractivity contribution in [1.82, 2.24) is 4.57 Å². The van der Waals surface area contributed by atoms with Crippen molar-refractivity contribution in [3.63, 3.8) is 0 Å². The second-order valence-corrected chi connectivity index (χ2v) is 11.8. The molecule has 5 heteroatoms. The highest BCUT2D eigenvalue weighted by Crippen LogP contribution is 2.64. The van der Waals surface area contributed by atoms with Gasteiger partial charge in [-0.3, -0.25) is 9.36 Å². The smallest absolute Gasteiger partial charge is 0.331 e. The Labute approximate surface area is 214 Å². The fourth-order valence-electron chi connectivity index (χ4n) is 6.50. The standard InChI is InChI=1S/C31H27NO3S/c1-18-6-4-9-21(14-18)25-17-31(30(34)35)28(25)36-29-27(20-12-13-20)23(16-26(33)32(29)31)15-22-10-5-8-19-7-2-3-11-24(19)22/h2-11,14,16,20,25,28H,12-13,15,17H2,1H3,(H,34,35)/t25-,28?,31?/m0/s1. The number of carboxylic acid groups (broad SMARTS) is 1. The van der Waals surface area contributed by atoms with Crippen LogP contribution < -0.4 is 5.56 Å². The van der Waals surface area contributed by atoms with Gasteiger partial charge >= 0.3 is 5.97 Å². The van der Waals surface area contributed by atoms with Gasteiger partial charge in [-0.1, -0.05) is 72.3 Å². The number of carboxylic acids is 1. The van der Waals surface area contributed by atoms with Crippen LogP contribution in [-0.2, 0) is 16.8 Å². The maximum absolute atomic E-state index is 13.7. The molecule has 0 saturated heterocycles. The van der Waals surface area contributed by atoms with Gasteiger partial charge in [-0.05, 0) is 71.6 Å². The number of benzene rings is 3. The first kappa shape index (κ1) is 21.9. The number of nitrogens with zero attached hydrogens (tertiary/aromatic N) is 1. The minimum Gasteiger partial charge on any atom is -0.479 e. The SMILES string of the molecule is Cc1cccc([C@@H]2CC3(C(=O)O)C2Sc2c(C4CC4)c(Cc4cccc5ccccc45)cc(=O)n23)c1.